The van der Waals surface area contributed by atoms with Gasteiger partial charge >= 0.3 is 5.97 Å². The molecule has 0 fully saturated rings. The van der Waals surface area contributed by atoms with E-state index in [4.69, 9.17) is 10.4 Å². The van der Waals surface area contributed by atoms with Crippen molar-refractivity contribution in [3.05, 3.63) is 12.2 Å². The zero-order valence-corrected chi connectivity index (χ0v) is 14.1. The highest BCUT2D eigenvalue weighted by molar-refractivity contribution is 5.66. The first kappa shape index (κ1) is 21.1. The summed E-state index contributed by atoms with van der Waals surface area (Å²) in [6.07, 6.45) is 17.4. The van der Waals surface area contributed by atoms with Crippen LogP contribution in [0, 0.1) is 0 Å². The molecule has 0 radical (unpaired) electrons. The lowest BCUT2D eigenvalue weighted by atomic mass is 10.1. The van der Waals surface area contributed by atoms with Crippen LogP contribution >= 0.6 is 0 Å². The molecule has 4 nitrogen and oxygen atoms in total. The van der Waals surface area contributed by atoms with Crippen molar-refractivity contribution in [1.82, 2.24) is 0 Å². The lowest BCUT2D eigenvalue weighted by Crippen LogP contribution is -2.07. The number of hydrogen-bond acceptors (Lipinski definition) is 3. The minimum Gasteiger partial charge on any atom is -0.481 e. The van der Waals surface area contributed by atoms with Crippen LogP contribution in [-0.2, 0) is 9.68 Å². The van der Waals surface area contributed by atoms with E-state index in [0.29, 0.717) is 12.8 Å². The lowest BCUT2D eigenvalue weighted by molar-refractivity contribution is -0.267. The summed E-state index contributed by atoms with van der Waals surface area (Å²) in [6.45, 7) is 2.24. The van der Waals surface area contributed by atoms with Crippen LogP contribution < -0.4 is 0 Å². The summed E-state index contributed by atoms with van der Waals surface area (Å²) in [4.78, 5) is 14.8. The zero-order chi connectivity index (χ0) is 16.5. The third-order valence-corrected chi connectivity index (χ3v) is 3.84. The normalized spacial score (nSPS) is 12.8. The average molecular weight is 314 g/mol. The van der Waals surface area contributed by atoms with E-state index in [0.717, 1.165) is 12.8 Å². The predicted molar refractivity (Wildman–Crippen MR) is 90.0 cm³/mol. The van der Waals surface area contributed by atoms with Gasteiger partial charge in [0.1, 0.15) is 6.10 Å². The Labute approximate surface area is 135 Å². The second kappa shape index (κ2) is 16.5. The van der Waals surface area contributed by atoms with E-state index in [9.17, 15) is 4.79 Å². The quantitative estimate of drug-likeness (QED) is 0.169. The standard InChI is InChI=1S/C18H34O4/c1-2-3-4-5-6-7-8-9-10-11-14-17(22-21)15-12-13-16-18(19)20/h11,14,17,21H,2-10,12-13,15-16H2,1H3,(H,19,20)/b14-11+. The van der Waals surface area contributed by atoms with Crippen molar-refractivity contribution in [3.63, 3.8) is 0 Å². The SMILES string of the molecule is CCCCCCCCCC/C=C/C(CCCCC(=O)O)OO. The summed E-state index contributed by atoms with van der Waals surface area (Å²) >= 11 is 0. The third-order valence-electron chi connectivity index (χ3n) is 3.84. The molecule has 0 spiro atoms. The maximum absolute atomic E-state index is 10.4. The minimum atomic E-state index is -0.772. The van der Waals surface area contributed by atoms with Gasteiger partial charge in [0.05, 0.1) is 0 Å². The van der Waals surface area contributed by atoms with E-state index >= 15 is 0 Å². The fourth-order valence-electron chi connectivity index (χ4n) is 2.45. The Balaban J connectivity index is 3.45. The highest BCUT2D eigenvalue weighted by atomic mass is 17.1. The van der Waals surface area contributed by atoms with Crippen LogP contribution in [0.2, 0.25) is 0 Å². The Hall–Kier alpha value is -0.870. The zero-order valence-electron chi connectivity index (χ0n) is 14.1. The molecule has 0 aliphatic heterocycles. The van der Waals surface area contributed by atoms with Gasteiger partial charge in [-0.1, -0.05) is 64.0 Å². The summed E-state index contributed by atoms with van der Waals surface area (Å²) in [6, 6.07) is 0. The smallest absolute Gasteiger partial charge is 0.303 e. The molecule has 0 aliphatic carbocycles. The number of unbranched alkanes of at least 4 members (excludes halogenated alkanes) is 9. The topological polar surface area (TPSA) is 66.8 Å². The van der Waals surface area contributed by atoms with E-state index in [1.54, 1.807) is 0 Å². The summed E-state index contributed by atoms with van der Waals surface area (Å²) in [5.74, 6) is -0.772. The monoisotopic (exact) mass is 314 g/mol. The molecule has 0 aromatic carbocycles. The van der Waals surface area contributed by atoms with Crippen molar-refractivity contribution in [3.8, 4) is 0 Å². The number of carboxylic acids is 1. The third kappa shape index (κ3) is 15.5. The first-order valence-electron chi connectivity index (χ1n) is 8.89. The molecule has 0 heterocycles. The Kier molecular flexibility index (Phi) is 15.8. The maximum Gasteiger partial charge on any atom is 0.303 e. The highest BCUT2D eigenvalue weighted by Crippen LogP contribution is 2.11. The van der Waals surface area contributed by atoms with Crippen LogP contribution in [0.3, 0.4) is 0 Å². The summed E-state index contributed by atoms with van der Waals surface area (Å²) in [7, 11) is 0. The average Bonchev–Trinajstić information content (AvgIpc) is 2.50. The molecule has 0 rings (SSSR count). The lowest BCUT2D eigenvalue weighted by Gasteiger charge is -2.07. The molecule has 22 heavy (non-hydrogen) atoms. The van der Waals surface area contributed by atoms with Gasteiger partial charge in [-0.2, -0.15) is 0 Å². The van der Waals surface area contributed by atoms with E-state index in [2.05, 4.69) is 17.9 Å². The van der Waals surface area contributed by atoms with Crippen LogP contribution in [0.25, 0.3) is 0 Å². The van der Waals surface area contributed by atoms with Gasteiger partial charge in [-0.25, -0.2) is 4.89 Å². The van der Waals surface area contributed by atoms with Crippen LogP contribution in [-0.4, -0.2) is 22.4 Å². The molecule has 4 heteroatoms. The van der Waals surface area contributed by atoms with Gasteiger partial charge in [-0.3, -0.25) is 10.1 Å². The number of carbonyl (C=O) groups is 1. The predicted octanol–water partition coefficient (Wildman–Crippen LogP) is 5.58. The van der Waals surface area contributed by atoms with Crippen molar-refractivity contribution < 1.29 is 20.0 Å². The second-order valence-electron chi connectivity index (χ2n) is 5.98. The molecule has 2 N–H and O–H groups in total. The molecule has 0 aliphatic rings. The van der Waals surface area contributed by atoms with Gasteiger partial charge in [-0.05, 0) is 32.1 Å². The Morgan fingerprint density at radius 1 is 1.00 bits per heavy atom. The van der Waals surface area contributed by atoms with Crippen molar-refractivity contribution in [2.45, 2.75) is 96.5 Å². The van der Waals surface area contributed by atoms with Gasteiger partial charge in [0.25, 0.3) is 0 Å². The molecule has 0 bridgehead atoms. The van der Waals surface area contributed by atoms with Crippen molar-refractivity contribution in [1.29, 1.82) is 0 Å². The van der Waals surface area contributed by atoms with E-state index in [-0.39, 0.29) is 12.5 Å². The van der Waals surface area contributed by atoms with Gasteiger partial charge in [0.15, 0.2) is 0 Å². The number of hydrogen-bond donors (Lipinski definition) is 2. The van der Waals surface area contributed by atoms with Crippen LogP contribution in [0.5, 0.6) is 0 Å². The molecule has 0 saturated heterocycles. The van der Waals surface area contributed by atoms with E-state index in [1.807, 2.05) is 6.08 Å². The number of allylic oxidation sites excluding steroid dienone is 1. The van der Waals surface area contributed by atoms with E-state index < -0.39 is 5.97 Å². The van der Waals surface area contributed by atoms with Crippen molar-refractivity contribution in [2.75, 3.05) is 0 Å². The first-order valence-corrected chi connectivity index (χ1v) is 8.89. The van der Waals surface area contributed by atoms with Crippen molar-refractivity contribution in [2.24, 2.45) is 0 Å². The first-order chi connectivity index (χ1) is 10.7. The number of rotatable bonds is 16. The molecule has 1 atom stereocenters. The van der Waals surface area contributed by atoms with Crippen LogP contribution in [0.1, 0.15) is 90.4 Å². The number of aliphatic carboxylic acids is 1. The molecule has 0 aromatic heterocycles. The maximum atomic E-state index is 10.4. The van der Waals surface area contributed by atoms with Gasteiger partial charge in [0.2, 0.25) is 0 Å². The van der Waals surface area contributed by atoms with Crippen molar-refractivity contribution >= 4 is 5.97 Å². The molecular weight excluding hydrogens is 280 g/mol. The van der Waals surface area contributed by atoms with Crippen LogP contribution in [0.4, 0.5) is 0 Å². The Morgan fingerprint density at radius 3 is 2.23 bits per heavy atom. The largest absolute Gasteiger partial charge is 0.481 e. The van der Waals surface area contributed by atoms with Gasteiger partial charge < -0.3 is 5.11 Å². The fraction of sp³-hybridized carbons (Fsp3) is 0.833. The minimum absolute atomic E-state index is 0.181. The summed E-state index contributed by atoms with van der Waals surface area (Å²) < 4.78 is 0. The van der Waals surface area contributed by atoms with E-state index in [1.165, 1.54) is 51.4 Å². The molecule has 1 unspecified atom stereocenters. The molecular formula is C18H34O4. The fourth-order valence-corrected chi connectivity index (χ4v) is 2.45. The summed E-state index contributed by atoms with van der Waals surface area (Å²) in [5, 5.41) is 17.4. The molecule has 0 amide bonds. The Bertz CT molecular complexity index is 276. The molecule has 130 valence electrons. The summed E-state index contributed by atoms with van der Waals surface area (Å²) in [5.41, 5.74) is 0. The van der Waals surface area contributed by atoms with Gasteiger partial charge in [0, 0.05) is 6.42 Å². The number of carboxylic acid groups (broad SMARTS) is 1. The van der Waals surface area contributed by atoms with Crippen LogP contribution in [0.15, 0.2) is 12.2 Å². The Morgan fingerprint density at radius 2 is 1.64 bits per heavy atom. The van der Waals surface area contributed by atoms with Gasteiger partial charge in [-0.15, -0.1) is 0 Å². The molecule has 0 aromatic rings. The molecule has 0 saturated carbocycles. The second-order valence-corrected chi connectivity index (χ2v) is 5.98. The highest BCUT2D eigenvalue weighted by Gasteiger charge is 2.05.